The van der Waals surface area contributed by atoms with E-state index in [0.717, 1.165) is 24.6 Å². The molecule has 1 aliphatic carbocycles. The van der Waals surface area contributed by atoms with Crippen LogP contribution in [0.15, 0.2) is 4.99 Å². The smallest absolute Gasteiger partial charge is 0.372 e. The number of aliphatic hydroxyl groups is 1. The molecule has 2 fully saturated rings. The Morgan fingerprint density at radius 1 is 1.48 bits per heavy atom. The van der Waals surface area contributed by atoms with Crippen LogP contribution in [0.25, 0.3) is 0 Å². The van der Waals surface area contributed by atoms with Gasteiger partial charge in [0.05, 0.1) is 17.2 Å². The number of alkyl halides is 3. The predicted octanol–water partition coefficient (Wildman–Crippen LogP) is 3.53. The molecule has 2 rings (SSSR count). The molecule has 1 aliphatic heterocycles. The quantitative estimate of drug-likeness (QED) is 0.835. The summed E-state index contributed by atoms with van der Waals surface area (Å²) in [5.74, 6) is 1.18. The lowest BCUT2D eigenvalue weighted by Gasteiger charge is -2.26. The molecular formula is C14H23F3N2OS. The van der Waals surface area contributed by atoms with Gasteiger partial charge in [0.25, 0.3) is 0 Å². The molecule has 0 radical (unpaired) electrons. The summed E-state index contributed by atoms with van der Waals surface area (Å²) in [4.78, 5) is 4.51. The summed E-state index contributed by atoms with van der Waals surface area (Å²) in [6.07, 6.45) is -3.14. The standard InChI is InChI=1S/C14H23F3N2OS/c1-8-4-5-10(6-8)9(2)18-12-19-11(20)13(3,21-12)7-14(15,16)17/h8-11,20H,4-7H2,1-3H3,(H,18,19)/t8?,9-,10-,11?,13?/m1/s1. The zero-order chi connectivity index (χ0) is 15.8. The van der Waals surface area contributed by atoms with Crippen LogP contribution in [-0.2, 0) is 0 Å². The number of nitrogens with zero attached hydrogens (tertiary/aromatic N) is 1. The molecule has 1 heterocycles. The van der Waals surface area contributed by atoms with Crippen LogP contribution in [0.5, 0.6) is 0 Å². The Morgan fingerprint density at radius 3 is 2.67 bits per heavy atom. The van der Waals surface area contributed by atoms with E-state index < -0.39 is 23.6 Å². The van der Waals surface area contributed by atoms with Gasteiger partial charge >= 0.3 is 6.18 Å². The Hall–Kier alpha value is -0.430. The molecule has 0 aromatic carbocycles. The molecule has 1 saturated carbocycles. The lowest BCUT2D eigenvalue weighted by molar-refractivity contribution is -0.146. The van der Waals surface area contributed by atoms with Crippen LogP contribution in [0.2, 0.25) is 0 Å². The first-order valence-corrected chi connectivity index (χ1v) is 8.19. The Kier molecular flexibility index (Phi) is 4.83. The van der Waals surface area contributed by atoms with Crippen molar-refractivity contribution in [2.24, 2.45) is 16.8 Å². The highest BCUT2D eigenvalue weighted by atomic mass is 32.2. The summed E-state index contributed by atoms with van der Waals surface area (Å²) in [5, 5.41) is 13.0. The SMILES string of the molecule is CC1CC[C@@H]([C@@H](C)N=C2NC(O)C(C)(CC(F)(F)F)S2)C1. The van der Waals surface area contributed by atoms with Crippen molar-refractivity contribution in [3.8, 4) is 0 Å². The van der Waals surface area contributed by atoms with Crippen LogP contribution in [0.3, 0.4) is 0 Å². The van der Waals surface area contributed by atoms with E-state index in [4.69, 9.17) is 0 Å². The van der Waals surface area contributed by atoms with E-state index in [2.05, 4.69) is 17.2 Å². The lowest BCUT2D eigenvalue weighted by Crippen LogP contribution is -2.42. The third-order valence-corrected chi connectivity index (χ3v) is 5.71. The largest absolute Gasteiger partial charge is 0.390 e. The van der Waals surface area contributed by atoms with Crippen molar-refractivity contribution in [3.05, 3.63) is 0 Å². The maximum atomic E-state index is 12.6. The molecule has 0 aromatic rings. The van der Waals surface area contributed by atoms with E-state index in [1.54, 1.807) is 0 Å². The number of amidine groups is 1. The minimum atomic E-state index is -4.30. The Morgan fingerprint density at radius 2 is 2.14 bits per heavy atom. The van der Waals surface area contributed by atoms with Gasteiger partial charge in [-0.3, -0.25) is 4.99 Å². The van der Waals surface area contributed by atoms with E-state index in [9.17, 15) is 18.3 Å². The summed E-state index contributed by atoms with van der Waals surface area (Å²) in [5.41, 5.74) is 0. The molecule has 0 spiro atoms. The molecule has 21 heavy (non-hydrogen) atoms. The molecule has 2 N–H and O–H groups in total. The lowest BCUT2D eigenvalue weighted by atomic mass is 9.99. The van der Waals surface area contributed by atoms with Crippen molar-refractivity contribution in [1.29, 1.82) is 0 Å². The van der Waals surface area contributed by atoms with Crippen molar-refractivity contribution in [2.45, 2.75) is 69.6 Å². The first-order chi connectivity index (χ1) is 9.59. The zero-order valence-corrected chi connectivity index (χ0v) is 13.4. The minimum Gasteiger partial charge on any atom is -0.372 e. The fraction of sp³-hybridized carbons (Fsp3) is 0.929. The third-order valence-electron chi connectivity index (χ3n) is 4.46. The van der Waals surface area contributed by atoms with Gasteiger partial charge in [-0.25, -0.2) is 0 Å². The van der Waals surface area contributed by atoms with Gasteiger partial charge in [-0.05, 0) is 38.5 Å². The van der Waals surface area contributed by atoms with Gasteiger partial charge in [-0.1, -0.05) is 25.1 Å². The molecule has 122 valence electrons. The minimum absolute atomic E-state index is 0.0744. The number of aliphatic imine (C=N–C) groups is 1. The zero-order valence-electron chi connectivity index (χ0n) is 12.6. The fourth-order valence-corrected chi connectivity index (χ4v) is 4.39. The van der Waals surface area contributed by atoms with Crippen LogP contribution in [-0.4, -0.2) is 33.5 Å². The molecule has 2 aliphatic rings. The van der Waals surface area contributed by atoms with Gasteiger partial charge in [-0.15, -0.1) is 0 Å². The molecule has 1 saturated heterocycles. The molecule has 0 amide bonds. The number of halogens is 3. The van der Waals surface area contributed by atoms with Crippen molar-refractivity contribution < 1.29 is 18.3 Å². The van der Waals surface area contributed by atoms with E-state index in [-0.39, 0.29) is 6.04 Å². The first-order valence-electron chi connectivity index (χ1n) is 7.37. The molecule has 0 bridgehead atoms. The number of aliphatic hydroxyl groups excluding tert-OH is 1. The summed E-state index contributed by atoms with van der Waals surface area (Å²) >= 11 is 1.00. The Bertz CT molecular complexity index is 416. The molecular weight excluding hydrogens is 301 g/mol. The molecule has 5 atom stereocenters. The topological polar surface area (TPSA) is 44.6 Å². The van der Waals surface area contributed by atoms with Gasteiger partial charge in [0.15, 0.2) is 5.17 Å². The van der Waals surface area contributed by atoms with Crippen molar-refractivity contribution in [2.75, 3.05) is 0 Å². The predicted molar refractivity (Wildman–Crippen MR) is 79.2 cm³/mol. The fourth-order valence-electron chi connectivity index (χ4n) is 3.15. The second kappa shape index (κ2) is 5.99. The number of thioether (sulfide) groups is 1. The maximum absolute atomic E-state index is 12.6. The summed E-state index contributed by atoms with van der Waals surface area (Å²) < 4.78 is 36.5. The third kappa shape index (κ3) is 4.28. The van der Waals surface area contributed by atoms with Gasteiger partial charge in [0, 0.05) is 0 Å². The highest BCUT2D eigenvalue weighted by molar-refractivity contribution is 8.15. The first kappa shape index (κ1) is 16.9. The monoisotopic (exact) mass is 324 g/mol. The van der Waals surface area contributed by atoms with Crippen molar-refractivity contribution in [1.82, 2.24) is 5.32 Å². The van der Waals surface area contributed by atoms with Crippen LogP contribution >= 0.6 is 11.8 Å². The molecule has 7 heteroatoms. The number of hydrogen-bond donors (Lipinski definition) is 2. The molecule has 3 unspecified atom stereocenters. The summed E-state index contributed by atoms with van der Waals surface area (Å²) in [6, 6.07) is 0.0744. The van der Waals surface area contributed by atoms with Crippen LogP contribution < -0.4 is 5.32 Å². The summed E-state index contributed by atoms with van der Waals surface area (Å²) in [7, 11) is 0. The van der Waals surface area contributed by atoms with Gasteiger partial charge in [0.1, 0.15) is 6.23 Å². The van der Waals surface area contributed by atoms with E-state index in [0.29, 0.717) is 17.0 Å². The van der Waals surface area contributed by atoms with Gasteiger partial charge < -0.3 is 10.4 Å². The van der Waals surface area contributed by atoms with E-state index in [1.807, 2.05) is 6.92 Å². The molecule has 3 nitrogen and oxygen atoms in total. The number of hydrogen-bond acceptors (Lipinski definition) is 3. The highest BCUT2D eigenvalue weighted by Gasteiger charge is 2.49. The second-order valence-corrected chi connectivity index (χ2v) is 8.13. The highest BCUT2D eigenvalue weighted by Crippen LogP contribution is 2.43. The van der Waals surface area contributed by atoms with Gasteiger partial charge in [-0.2, -0.15) is 13.2 Å². The van der Waals surface area contributed by atoms with Gasteiger partial charge in [0.2, 0.25) is 0 Å². The average Bonchev–Trinajstić information content (AvgIpc) is 2.82. The van der Waals surface area contributed by atoms with E-state index in [1.165, 1.54) is 13.3 Å². The van der Waals surface area contributed by atoms with Crippen molar-refractivity contribution in [3.63, 3.8) is 0 Å². The Labute approximate surface area is 127 Å². The second-order valence-electron chi connectivity index (χ2n) is 6.61. The maximum Gasteiger partial charge on any atom is 0.390 e. The van der Waals surface area contributed by atoms with E-state index >= 15 is 0 Å². The van der Waals surface area contributed by atoms with Crippen LogP contribution in [0.4, 0.5) is 13.2 Å². The average molecular weight is 324 g/mol. The number of rotatable bonds is 3. The molecule has 0 aromatic heterocycles. The summed E-state index contributed by atoms with van der Waals surface area (Å²) in [6.45, 7) is 5.64. The Balaban J connectivity index is 2.01. The van der Waals surface area contributed by atoms with Crippen LogP contribution in [0.1, 0.15) is 46.5 Å². The normalized spacial score (nSPS) is 40.5. The van der Waals surface area contributed by atoms with Crippen LogP contribution in [0, 0.1) is 11.8 Å². The van der Waals surface area contributed by atoms with Crippen molar-refractivity contribution >= 4 is 16.9 Å². The number of nitrogens with one attached hydrogen (secondary N) is 1.